The summed E-state index contributed by atoms with van der Waals surface area (Å²) in [6.07, 6.45) is 2.80. The van der Waals surface area contributed by atoms with Crippen molar-refractivity contribution in [2.24, 2.45) is 0 Å². The number of carbonyl (C=O) groups excluding carboxylic acids is 1. The molecule has 0 aliphatic heterocycles. The molecule has 0 aliphatic rings. The minimum Gasteiger partial charge on any atom is -0.454 e. The molecule has 1 aromatic carbocycles. The van der Waals surface area contributed by atoms with Crippen molar-refractivity contribution in [2.75, 3.05) is 0 Å². The summed E-state index contributed by atoms with van der Waals surface area (Å²) in [4.78, 5) is 11.8. The van der Waals surface area contributed by atoms with Gasteiger partial charge in [-0.1, -0.05) is 36.9 Å². The van der Waals surface area contributed by atoms with Crippen LogP contribution in [0.3, 0.4) is 0 Å². The monoisotopic (exact) mass is 226 g/mol. The molecule has 86 valence electrons. The molecule has 0 radical (unpaired) electrons. The Morgan fingerprint density at radius 2 is 1.94 bits per heavy atom. The van der Waals surface area contributed by atoms with Crippen LogP contribution in [0.25, 0.3) is 6.08 Å². The van der Waals surface area contributed by atoms with Crippen LogP contribution in [0.1, 0.15) is 28.3 Å². The van der Waals surface area contributed by atoms with Crippen molar-refractivity contribution < 1.29 is 9.21 Å². The maximum absolute atomic E-state index is 11.8. The van der Waals surface area contributed by atoms with E-state index in [1.165, 1.54) is 0 Å². The van der Waals surface area contributed by atoms with Crippen LogP contribution >= 0.6 is 0 Å². The molecule has 2 heteroatoms. The molecular formula is C15H14O2. The van der Waals surface area contributed by atoms with Crippen molar-refractivity contribution >= 4 is 11.9 Å². The second-order valence-electron chi connectivity index (χ2n) is 3.81. The molecule has 0 aliphatic carbocycles. The van der Waals surface area contributed by atoms with Crippen molar-refractivity contribution in [3.8, 4) is 0 Å². The van der Waals surface area contributed by atoms with Crippen LogP contribution in [0.4, 0.5) is 0 Å². The Morgan fingerprint density at radius 1 is 1.18 bits per heavy atom. The second kappa shape index (κ2) is 5.30. The van der Waals surface area contributed by atoms with Gasteiger partial charge in [-0.05, 0) is 30.2 Å². The van der Waals surface area contributed by atoms with Crippen molar-refractivity contribution in [1.82, 2.24) is 0 Å². The fourth-order valence-electron chi connectivity index (χ4n) is 1.64. The van der Waals surface area contributed by atoms with Crippen LogP contribution in [0.2, 0.25) is 0 Å². The zero-order valence-electron chi connectivity index (χ0n) is 9.56. The Labute approximate surface area is 101 Å². The molecule has 0 fully saturated rings. The number of rotatable bonds is 5. The van der Waals surface area contributed by atoms with Crippen LogP contribution in [0, 0.1) is 0 Å². The number of hydrogen-bond acceptors (Lipinski definition) is 2. The Morgan fingerprint density at radius 3 is 2.59 bits per heavy atom. The predicted octanol–water partition coefficient (Wildman–Crippen LogP) is 3.74. The molecule has 2 rings (SSSR count). The van der Waals surface area contributed by atoms with Crippen molar-refractivity contribution in [1.29, 1.82) is 0 Å². The van der Waals surface area contributed by atoms with Crippen LogP contribution in [-0.2, 0) is 6.42 Å². The fourth-order valence-corrected chi connectivity index (χ4v) is 1.64. The standard InChI is InChI=1S/C15H14O2/c1-2-13-9-11-15(17-13)14(16)10-8-12-6-4-3-5-7-12/h2-7,9,11H,1,8,10H2. The summed E-state index contributed by atoms with van der Waals surface area (Å²) >= 11 is 0. The van der Waals surface area contributed by atoms with Crippen LogP contribution < -0.4 is 0 Å². The molecule has 2 nitrogen and oxygen atoms in total. The van der Waals surface area contributed by atoms with Gasteiger partial charge in [-0.15, -0.1) is 0 Å². The van der Waals surface area contributed by atoms with Crippen LogP contribution in [0.5, 0.6) is 0 Å². The summed E-state index contributed by atoms with van der Waals surface area (Å²) < 4.78 is 5.32. The van der Waals surface area contributed by atoms with Gasteiger partial charge >= 0.3 is 0 Å². The molecule has 0 atom stereocenters. The number of aryl methyl sites for hydroxylation is 1. The van der Waals surface area contributed by atoms with Gasteiger partial charge in [-0.25, -0.2) is 0 Å². The predicted molar refractivity (Wildman–Crippen MR) is 67.9 cm³/mol. The van der Waals surface area contributed by atoms with E-state index in [1.54, 1.807) is 18.2 Å². The Hall–Kier alpha value is -2.09. The van der Waals surface area contributed by atoms with E-state index in [1.807, 2.05) is 30.3 Å². The van der Waals surface area contributed by atoms with E-state index < -0.39 is 0 Å². The van der Waals surface area contributed by atoms with Gasteiger partial charge < -0.3 is 4.42 Å². The summed E-state index contributed by atoms with van der Waals surface area (Å²) in [6, 6.07) is 13.4. The lowest BCUT2D eigenvalue weighted by Crippen LogP contribution is -1.99. The maximum atomic E-state index is 11.8. The quantitative estimate of drug-likeness (QED) is 0.727. The van der Waals surface area contributed by atoms with Gasteiger partial charge in [0.05, 0.1) is 0 Å². The molecule has 0 spiro atoms. The largest absolute Gasteiger partial charge is 0.454 e. The lowest BCUT2D eigenvalue weighted by atomic mass is 10.1. The van der Waals surface area contributed by atoms with E-state index >= 15 is 0 Å². The minimum absolute atomic E-state index is 0.0296. The number of carbonyl (C=O) groups is 1. The molecule has 0 saturated carbocycles. The highest BCUT2D eigenvalue weighted by atomic mass is 16.3. The van der Waals surface area contributed by atoms with E-state index in [0.29, 0.717) is 17.9 Å². The van der Waals surface area contributed by atoms with Gasteiger partial charge in [0.15, 0.2) is 11.5 Å². The summed E-state index contributed by atoms with van der Waals surface area (Å²) in [5, 5.41) is 0. The van der Waals surface area contributed by atoms with Crippen molar-refractivity contribution in [2.45, 2.75) is 12.8 Å². The number of furan rings is 1. The van der Waals surface area contributed by atoms with Gasteiger partial charge in [0.1, 0.15) is 5.76 Å². The molecule has 0 amide bonds. The maximum Gasteiger partial charge on any atom is 0.198 e. The summed E-state index contributed by atoms with van der Waals surface area (Å²) in [5.41, 5.74) is 1.16. The average Bonchev–Trinajstić information content (AvgIpc) is 2.86. The third kappa shape index (κ3) is 2.94. The third-order valence-corrected chi connectivity index (χ3v) is 2.59. The Bertz CT molecular complexity index is 509. The highest BCUT2D eigenvalue weighted by Crippen LogP contribution is 2.12. The highest BCUT2D eigenvalue weighted by molar-refractivity contribution is 5.93. The topological polar surface area (TPSA) is 30.2 Å². The number of benzene rings is 1. The Balaban J connectivity index is 1.96. The molecule has 2 aromatic rings. The van der Waals surface area contributed by atoms with E-state index in [2.05, 4.69) is 6.58 Å². The lowest BCUT2D eigenvalue weighted by Gasteiger charge is -1.98. The van der Waals surface area contributed by atoms with E-state index in [4.69, 9.17) is 4.42 Å². The minimum atomic E-state index is 0.0296. The van der Waals surface area contributed by atoms with Crippen molar-refractivity contribution in [3.63, 3.8) is 0 Å². The first-order valence-electron chi connectivity index (χ1n) is 5.59. The van der Waals surface area contributed by atoms with E-state index in [-0.39, 0.29) is 5.78 Å². The number of Topliss-reactive ketones (excluding diaryl/α,β-unsaturated/α-hetero) is 1. The van der Waals surface area contributed by atoms with Gasteiger partial charge in [0.25, 0.3) is 0 Å². The van der Waals surface area contributed by atoms with E-state index in [0.717, 1.165) is 12.0 Å². The first-order chi connectivity index (χ1) is 8.29. The number of hydrogen-bond donors (Lipinski definition) is 0. The number of ketones is 1. The molecule has 17 heavy (non-hydrogen) atoms. The molecule has 0 N–H and O–H groups in total. The molecule has 1 heterocycles. The smallest absolute Gasteiger partial charge is 0.198 e. The third-order valence-electron chi connectivity index (χ3n) is 2.59. The van der Waals surface area contributed by atoms with Gasteiger partial charge in [0.2, 0.25) is 0 Å². The normalized spacial score (nSPS) is 10.1. The second-order valence-corrected chi connectivity index (χ2v) is 3.81. The summed E-state index contributed by atoms with van der Waals surface area (Å²) in [6.45, 7) is 3.59. The molecule has 0 saturated heterocycles. The molecular weight excluding hydrogens is 212 g/mol. The lowest BCUT2D eigenvalue weighted by molar-refractivity contribution is 0.0955. The van der Waals surface area contributed by atoms with Crippen LogP contribution in [0.15, 0.2) is 53.5 Å². The zero-order chi connectivity index (χ0) is 12.1. The first kappa shape index (κ1) is 11.4. The summed E-state index contributed by atoms with van der Waals surface area (Å²) in [7, 11) is 0. The zero-order valence-corrected chi connectivity index (χ0v) is 9.56. The van der Waals surface area contributed by atoms with Crippen molar-refractivity contribution in [3.05, 3.63) is 66.1 Å². The SMILES string of the molecule is C=Cc1ccc(C(=O)CCc2ccccc2)o1. The average molecular weight is 226 g/mol. The van der Waals surface area contributed by atoms with E-state index in [9.17, 15) is 4.79 Å². The highest BCUT2D eigenvalue weighted by Gasteiger charge is 2.10. The van der Waals surface area contributed by atoms with Crippen LogP contribution in [-0.4, -0.2) is 5.78 Å². The first-order valence-corrected chi connectivity index (χ1v) is 5.59. The Kier molecular flexibility index (Phi) is 3.55. The molecule has 1 aromatic heterocycles. The molecule has 0 unspecified atom stereocenters. The fraction of sp³-hybridized carbons (Fsp3) is 0.133. The van der Waals surface area contributed by atoms with Gasteiger partial charge in [-0.2, -0.15) is 0 Å². The molecule has 0 bridgehead atoms. The summed E-state index contributed by atoms with van der Waals surface area (Å²) in [5.74, 6) is 1.07. The van der Waals surface area contributed by atoms with Gasteiger partial charge in [0, 0.05) is 6.42 Å². The van der Waals surface area contributed by atoms with Gasteiger partial charge in [-0.3, -0.25) is 4.79 Å².